The number of hydrogen-bond donors (Lipinski definition) is 1. The van der Waals surface area contributed by atoms with E-state index < -0.39 is 23.7 Å². The van der Waals surface area contributed by atoms with Gasteiger partial charge in [0.1, 0.15) is 11.6 Å². The number of carbonyl (C=O) groups excluding carboxylic acids is 3. The van der Waals surface area contributed by atoms with Gasteiger partial charge in [-0.15, -0.1) is 0 Å². The molecule has 6 heteroatoms. The number of aryl methyl sites for hydroxylation is 1. The van der Waals surface area contributed by atoms with Gasteiger partial charge in [0.05, 0.1) is 6.61 Å². The summed E-state index contributed by atoms with van der Waals surface area (Å²) in [7, 11) is 0. The summed E-state index contributed by atoms with van der Waals surface area (Å²) < 4.78 is 10.1. The monoisotopic (exact) mass is 349 g/mol. The van der Waals surface area contributed by atoms with E-state index in [0.29, 0.717) is 5.56 Å². The Morgan fingerprint density at radius 2 is 1.72 bits per heavy atom. The third kappa shape index (κ3) is 7.83. The highest BCUT2D eigenvalue weighted by molar-refractivity contribution is 5.96. The number of esters is 1. The van der Waals surface area contributed by atoms with Crippen LogP contribution in [0.1, 0.15) is 56.5 Å². The number of ketones is 1. The van der Waals surface area contributed by atoms with E-state index in [1.165, 1.54) is 0 Å². The van der Waals surface area contributed by atoms with Crippen LogP contribution in [0.2, 0.25) is 0 Å². The summed E-state index contributed by atoms with van der Waals surface area (Å²) in [5.41, 5.74) is 0.958. The van der Waals surface area contributed by atoms with Crippen molar-refractivity contribution in [2.75, 3.05) is 6.61 Å². The maximum atomic E-state index is 12.3. The van der Waals surface area contributed by atoms with Gasteiger partial charge in [0.15, 0.2) is 5.78 Å². The second-order valence-corrected chi connectivity index (χ2v) is 6.78. The molecule has 0 aliphatic rings. The summed E-state index contributed by atoms with van der Waals surface area (Å²) in [6, 6.07) is 6.28. The number of hydrogen-bond acceptors (Lipinski definition) is 5. The number of Topliss-reactive ketones (excluding diaryl/α,β-unsaturated/α-hetero) is 1. The molecule has 1 amide bonds. The lowest BCUT2D eigenvalue weighted by Gasteiger charge is -2.22. The van der Waals surface area contributed by atoms with Crippen LogP contribution >= 0.6 is 0 Å². The lowest BCUT2D eigenvalue weighted by Crippen LogP contribution is -2.44. The second kappa shape index (κ2) is 9.20. The first-order chi connectivity index (χ1) is 11.6. The van der Waals surface area contributed by atoms with Crippen molar-refractivity contribution in [3.8, 4) is 0 Å². The molecule has 1 aromatic carbocycles. The Hall–Kier alpha value is -2.37. The topological polar surface area (TPSA) is 81.7 Å². The Bertz CT molecular complexity index is 601. The first-order valence-corrected chi connectivity index (χ1v) is 8.38. The molecule has 1 aromatic rings. The smallest absolute Gasteiger partial charge is 0.408 e. The van der Waals surface area contributed by atoms with Crippen LogP contribution in [0.25, 0.3) is 0 Å². The maximum Gasteiger partial charge on any atom is 0.408 e. The molecule has 0 radical (unpaired) electrons. The van der Waals surface area contributed by atoms with E-state index in [-0.39, 0.29) is 25.2 Å². The normalized spacial score (nSPS) is 12.2. The molecule has 25 heavy (non-hydrogen) atoms. The zero-order valence-corrected chi connectivity index (χ0v) is 15.5. The summed E-state index contributed by atoms with van der Waals surface area (Å²) >= 11 is 0. The van der Waals surface area contributed by atoms with Gasteiger partial charge in [-0.05, 0) is 41.0 Å². The minimum absolute atomic E-state index is 0.0970. The van der Waals surface area contributed by atoms with Crippen LogP contribution in [-0.4, -0.2) is 36.1 Å². The van der Waals surface area contributed by atoms with Crippen molar-refractivity contribution < 1.29 is 23.9 Å². The highest BCUT2D eigenvalue weighted by atomic mass is 16.6. The zero-order valence-electron chi connectivity index (χ0n) is 15.5. The van der Waals surface area contributed by atoms with Gasteiger partial charge in [-0.25, -0.2) is 9.59 Å². The van der Waals surface area contributed by atoms with E-state index >= 15 is 0 Å². The summed E-state index contributed by atoms with van der Waals surface area (Å²) in [4.78, 5) is 36.2. The van der Waals surface area contributed by atoms with Gasteiger partial charge >= 0.3 is 12.1 Å². The van der Waals surface area contributed by atoms with Gasteiger partial charge in [0.2, 0.25) is 0 Å². The summed E-state index contributed by atoms with van der Waals surface area (Å²) in [6.45, 7) is 9.00. The van der Waals surface area contributed by atoms with Crippen molar-refractivity contribution in [2.45, 2.75) is 59.1 Å². The van der Waals surface area contributed by atoms with Crippen molar-refractivity contribution in [3.63, 3.8) is 0 Å². The standard InChI is InChI=1S/C19H27NO5/c1-6-24-17(22)15(20-18(23)25-19(3,4)5)11-12-16(21)14-9-7-13(2)8-10-14/h7-10,15H,6,11-12H2,1-5H3,(H,20,23)/t15-/m0/s1. The van der Waals surface area contributed by atoms with Gasteiger partial charge in [0, 0.05) is 12.0 Å². The molecule has 0 heterocycles. The molecular formula is C19H27NO5. The molecule has 1 atom stereocenters. The highest BCUT2D eigenvalue weighted by Crippen LogP contribution is 2.11. The Morgan fingerprint density at radius 1 is 1.12 bits per heavy atom. The summed E-state index contributed by atoms with van der Waals surface area (Å²) in [6.07, 6.45) is -0.457. The number of rotatable bonds is 7. The van der Waals surface area contributed by atoms with Gasteiger partial charge in [0.25, 0.3) is 0 Å². The third-order valence-corrected chi connectivity index (χ3v) is 3.30. The van der Waals surface area contributed by atoms with Crippen LogP contribution in [-0.2, 0) is 14.3 Å². The van der Waals surface area contributed by atoms with E-state index in [1.54, 1.807) is 39.8 Å². The first kappa shape index (κ1) is 20.7. The molecule has 6 nitrogen and oxygen atoms in total. The molecule has 0 unspecified atom stereocenters. The number of alkyl carbamates (subject to hydrolysis) is 1. The largest absolute Gasteiger partial charge is 0.464 e. The average molecular weight is 349 g/mol. The van der Waals surface area contributed by atoms with Crippen molar-refractivity contribution in [1.82, 2.24) is 5.32 Å². The zero-order chi connectivity index (χ0) is 19.0. The van der Waals surface area contributed by atoms with E-state index in [9.17, 15) is 14.4 Å². The number of nitrogens with one attached hydrogen (secondary N) is 1. The molecule has 0 saturated heterocycles. The molecule has 0 aromatic heterocycles. The SMILES string of the molecule is CCOC(=O)[C@H](CCC(=O)c1ccc(C)cc1)NC(=O)OC(C)(C)C. The van der Waals surface area contributed by atoms with E-state index in [1.807, 2.05) is 19.1 Å². The van der Waals surface area contributed by atoms with Crippen molar-refractivity contribution in [3.05, 3.63) is 35.4 Å². The van der Waals surface area contributed by atoms with E-state index in [2.05, 4.69) is 5.32 Å². The number of carbonyl (C=O) groups is 3. The minimum Gasteiger partial charge on any atom is -0.464 e. The fraction of sp³-hybridized carbons (Fsp3) is 0.526. The molecular weight excluding hydrogens is 322 g/mol. The number of ether oxygens (including phenoxy) is 2. The van der Waals surface area contributed by atoms with Gasteiger partial charge in [-0.1, -0.05) is 29.8 Å². The number of benzene rings is 1. The molecule has 0 aliphatic heterocycles. The van der Waals surface area contributed by atoms with Crippen LogP contribution in [0.5, 0.6) is 0 Å². The minimum atomic E-state index is -0.927. The van der Waals surface area contributed by atoms with Crippen LogP contribution in [0, 0.1) is 6.92 Å². The Labute approximate surface area is 148 Å². The molecule has 1 rings (SSSR count). The first-order valence-electron chi connectivity index (χ1n) is 8.38. The predicted molar refractivity (Wildman–Crippen MR) is 94.5 cm³/mol. The third-order valence-electron chi connectivity index (χ3n) is 3.30. The van der Waals surface area contributed by atoms with Gasteiger partial charge in [-0.2, -0.15) is 0 Å². The molecule has 0 fully saturated rings. The molecule has 0 saturated carbocycles. The highest BCUT2D eigenvalue weighted by Gasteiger charge is 2.26. The fourth-order valence-electron chi connectivity index (χ4n) is 2.10. The molecule has 1 N–H and O–H groups in total. The van der Waals surface area contributed by atoms with Crippen LogP contribution < -0.4 is 5.32 Å². The van der Waals surface area contributed by atoms with E-state index in [4.69, 9.17) is 9.47 Å². The summed E-state index contributed by atoms with van der Waals surface area (Å²) in [5.74, 6) is -0.676. The lowest BCUT2D eigenvalue weighted by molar-refractivity contribution is -0.145. The van der Waals surface area contributed by atoms with Crippen molar-refractivity contribution in [1.29, 1.82) is 0 Å². The molecule has 138 valence electrons. The van der Waals surface area contributed by atoms with Gasteiger partial charge in [-0.3, -0.25) is 4.79 Å². The second-order valence-electron chi connectivity index (χ2n) is 6.78. The Balaban J connectivity index is 2.70. The van der Waals surface area contributed by atoms with Crippen LogP contribution in [0.4, 0.5) is 4.79 Å². The molecule has 0 spiro atoms. The van der Waals surface area contributed by atoms with Gasteiger partial charge < -0.3 is 14.8 Å². The molecule has 0 bridgehead atoms. The van der Waals surface area contributed by atoms with Crippen molar-refractivity contribution >= 4 is 17.8 Å². The Kier molecular flexibility index (Phi) is 7.61. The predicted octanol–water partition coefficient (Wildman–Crippen LogP) is 3.41. The fourth-order valence-corrected chi connectivity index (χ4v) is 2.10. The molecule has 0 aliphatic carbocycles. The average Bonchev–Trinajstić information content (AvgIpc) is 2.50. The maximum absolute atomic E-state index is 12.3. The summed E-state index contributed by atoms with van der Waals surface area (Å²) in [5, 5.41) is 2.49. The quantitative estimate of drug-likeness (QED) is 0.602. The lowest BCUT2D eigenvalue weighted by atomic mass is 10.0. The Morgan fingerprint density at radius 3 is 2.24 bits per heavy atom. The van der Waals surface area contributed by atoms with Crippen molar-refractivity contribution in [2.24, 2.45) is 0 Å². The number of amides is 1. The van der Waals surface area contributed by atoms with Crippen LogP contribution in [0.15, 0.2) is 24.3 Å². The van der Waals surface area contributed by atoms with Crippen LogP contribution in [0.3, 0.4) is 0 Å². The van der Waals surface area contributed by atoms with E-state index in [0.717, 1.165) is 5.56 Å².